The summed E-state index contributed by atoms with van der Waals surface area (Å²) < 4.78 is 29.2. The molecule has 1 unspecified atom stereocenters. The van der Waals surface area contributed by atoms with Crippen LogP contribution in [0.1, 0.15) is 200 Å². The van der Waals surface area contributed by atoms with Crippen molar-refractivity contribution in [1.82, 2.24) is 9.80 Å². The monoisotopic (exact) mass is 767 g/mol. The van der Waals surface area contributed by atoms with Crippen LogP contribution in [0.5, 0.6) is 0 Å². The highest BCUT2D eigenvalue weighted by molar-refractivity contribution is 5.70. The van der Waals surface area contributed by atoms with Gasteiger partial charge in [-0.3, -0.25) is 18.9 Å². The van der Waals surface area contributed by atoms with Crippen LogP contribution in [0, 0.1) is 0 Å². The van der Waals surface area contributed by atoms with Gasteiger partial charge in [0.1, 0.15) is 13.2 Å². The maximum Gasteiger partial charge on any atom is 0.409 e. The van der Waals surface area contributed by atoms with Gasteiger partial charge in [0.05, 0.1) is 12.7 Å². The summed E-state index contributed by atoms with van der Waals surface area (Å²) in [6.45, 7) is 5.89. The topological polar surface area (TPSA) is 85.4 Å². The van der Waals surface area contributed by atoms with E-state index in [9.17, 15) is 18.8 Å². The standard InChI is InChI=1S/C45H83FN2O6/c1-4-6-8-10-12-14-16-18-19-21-23-25-27-29-31-34-44(50)54-42(40-53-45(51)47(3)41-37-48(38-41)36-32-35-46)39-52-43(49)33-30-28-26-24-22-20-17-15-13-11-9-7-5-2/h18-19,41-42H,4-17,20-40H2,1-3H3/b19-18-. The third kappa shape index (κ3) is 29.2. The van der Waals surface area contributed by atoms with Gasteiger partial charge in [0, 0.05) is 39.5 Å². The van der Waals surface area contributed by atoms with E-state index in [0.29, 0.717) is 32.5 Å². The Morgan fingerprint density at radius 3 is 1.52 bits per heavy atom. The average Bonchev–Trinajstić information content (AvgIpc) is 3.15. The van der Waals surface area contributed by atoms with Gasteiger partial charge >= 0.3 is 18.0 Å². The predicted molar refractivity (Wildman–Crippen MR) is 221 cm³/mol. The highest BCUT2D eigenvalue weighted by Gasteiger charge is 2.33. The van der Waals surface area contributed by atoms with Crippen LogP contribution in [0.4, 0.5) is 9.18 Å². The van der Waals surface area contributed by atoms with Crippen LogP contribution in [0.25, 0.3) is 0 Å². The molecule has 0 radical (unpaired) electrons. The van der Waals surface area contributed by atoms with E-state index in [2.05, 4.69) is 30.9 Å². The zero-order valence-corrected chi connectivity index (χ0v) is 35.3. The fourth-order valence-electron chi connectivity index (χ4n) is 6.91. The average molecular weight is 767 g/mol. The van der Waals surface area contributed by atoms with Crippen LogP contribution in [0.15, 0.2) is 12.2 Å². The minimum absolute atomic E-state index is 0.00242. The molecule has 1 fully saturated rings. The molecule has 0 aliphatic carbocycles. The molecule has 8 nitrogen and oxygen atoms in total. The molecule has 1 saturated heterocycles. The first-order chi connectivity index (χ1) is 26.4. The number of likely N-dealkylation sites (N-methyl/N-ethyl adjacent to an activating group) is 1. The Morgan fingerprint density at radius 1 is 0.611 bits per heavy atom. The molecule has 0 N–H and O–H groups in total. The zero-order valence-electron chi connectivity index (χ0n) is 35.3. The maximum absolute atomic E-state index is 12.8. The van der Waals surface area contributed by atoms with Gasteiger partial charge in [0.15, 0.2) is 6.10 Å². The molecular formula is C45H83FN2O6. The number of carbonyl (C=O) groups excluding carboxylic acids is 3. The van der Waals surface area contributed by atoms with Crippen molar-refractivity contribution in [2.45, 2.75) is 212 Å². The van der Waals surface area contributed by atoms with Crippen molar-refractivity contribution in [3.8, 4) is 0 Å². The number of allylic oxidation sites excluding steroid dienone is 2. The van der Waals surface area contributed by atoms with Crippen LogP contribution in [-0.4, -0.2) is 86.5 Å². The van der Waals surface area contributed by atoms with E-state index in [0.717, 1.165) is 51.4 Å². The van der Waals surface area contributed by atoms with Crippen molar-refractivity contribution in [3.05, 3.63) is 12.2 Å². The van der Waals surface area contributed by atoms with Crippen LogP contribution < -0.4 is 0 Å². The van der Waals surface area contributed by atoms with Crippen molar-refractivity contribution < 1.29 is 33.0 Å². The van der Waals surface area contributed by atoms with Crippen LogP contribution in [0.3, 0.4) is 0 Å². The lowest BCUT2D eigenvalue weighted by atomic mass is 10.0. The van der Waals surface area contributed by atoms with Gasteiger partial charge in [-0.2, -0.15) is 0 Å². The van der Waals surface area contributed by atoms with Crippen molar-refractivity contribution in [1.29, 1.82) is 0 Å². The minimum atomic E-state index is -0.851. The molecule has 0 aromatic heterocycles. The summed E-state index contributed by atoms with van der Waals surface area (Å²) in [6, 6.07) is -0.00242. The number of halogens is 1. The smallest absolute Gasteiger partial charge is 0.409 e. The Kier molecular flexibility index (Phi) is 33.7. The van der Waals surface area contributed by atoms with E-state index in [4.69, 9.17) is 14.2 Å². The molecule has 0 spiro atoms. The molecule has 1 aliphatic heterocycles. The lowest BCUT2D eigenvalue weighted by molar-refractivity contribution is -0.161. The van der Waals surface area contributed by atoms with E-state index in [1.165, 1.54) is 120 Å². The number of nitrogens with zero attached hydrogens (tertiary/aromatic N) is 2. The second-order valence-corrected chi connectivity index (χ2v) is 15.8. The number of hydrogen-bond donors (Lipinski definition) is 0. The number of ether oxygens (including phenoxy) is 3. The summed E-state index contributed by atoms with van der Waals surface area (Å²) in [5, 5.41) is 0. The molecule has 1 heterocycles. The molecule has 0 bridgehead atoms. The highest BCUT2D eigenvalue weighted by atomic mass is 19.1. The SMILES string of the molecule is CCCCCCCC/C=C\CCCCCCCC(=O)OC(COC(=O)CCCCCCCCCCCCCCC)COC(=O)N(C)C1CN(CCCF)C1. The summed E-state index contributed by atoms with van der Waals surface area (Å²) in [5.41, 5.74) is 0. The first-order valence-electron chi connectivity index (χ1n) is 22.6. The normalized spacial score (nSPS) is 13.9. The second-order valence-electron chi connectivity index (χ2n) is 15.8. The minimum Gasteiger partial charge on any atom is -0.462 e. The molecular weight excluding hydrogens is 684 g/mol. The first kappa shape index (κ1) is 49.9. The van der Waals surface area contributed by atoms with Gasteiger partial charge in [-0.25, -0.2) is 4.79 Å². The summed E-state index contributed by atoms with van der Waals surface area (Å²) in [6.07, 6.45) is 35.9. The van der Waals surface area contributed by atoms with Crippen LogP contribution in [0.2, 0.25) is 0 Å². The third-order valence-corrected chi connectivity index (χ3v) is 10.6. The number of carbonyl (C=O) groups is 3. The van der Waals surface area contributed by atoms with Gasteiger partial charge in [0.25, 0.3) is 0 Å². The van der Waals surface area contributed by atoms with Crippen molar-refractivity contribution >= 4 is 18.0 Å². The van der Waals surface area contributed by atoms with Gasteiger partial charge in [0.2, 0.25) is 0 Å². The molecule has 1 atom stereocenters. The molecule has 1 amide bonds. The lowest BCUT2D eigenvalue weighted by Crippen LogP contribution is -2.59. The predicted octanol–water partition coefficient (Wildman–Crippen LogP) is 12.1. The van der Waals surface area contributed by atoms with E-state index < -0.39 is 12.2 Å². The Balaban J connectivity index is 2.31. The number of likely N-dealkylation sites (tertiary alicyclic amines) is 1. The molecule has 0 saturated carbocycles. The van der Waals surface area contributed by atoms with Gasteiger partial charge in [-0.05, 0) is 44.9 Å². The number of hydrogen-bond acceptors (Lipinski definition) is 7. The number of rotatable bonds is 38. The fourth-order valence-corrected chi connectivity index (χ4v) is 6.91. The quantitative estimate of drug-likeness (QED) is 0.0268. The van der Waals surface area contributed by atoms with Gasteiger partial charge in [-0.1, -0.05) is 154 Å². The molecule has 316 valence electrons. The number of esters is 2. The van der Waals surface area contributed by atoms with Crippen LogP contribution >= 0.6 is 0 Å². The van der Waals surface area contributed by atoms with Crippen molar-refractivity contribution in [2.24, 2.45) is 0 Å². The molecule has 0 aromatic rings. The Morgan fingerprint density at radius 2 is 1.04 bits per heavy atom. The van der Waals surface area contributed by atoms with E-state index in [1.54, 1.807) is 7.05 Å². The Labute approximate surface area is 331 Å². The first-order valence-corrected chi connectivity index (χ1v) is 22.6. The number of alkyl halides is 1. The largest absolute Gasteiger partial charge is 0.462 e. The maximum atomic E-state index is 12.8. The van der Waals surface area contributed by atoms with Crippen LogP contribution in [-0.2, 0) is 23.8 Å². The number of unbranched alkanes of at least 4 members (excludes halogenated alkanes) is 23. The third-order valence-electron chi connectivity index (χ3n) is 10.6. The Bertz CT molecular complexity index is 928. The molecule has 0 aromatic carbocycles. The Hall–Kier alpha value is -2.16. The molecule has 9 heteroatoms. The lowest BCUT2D eigenvalue weighted by Gasteiger charge is -2.43. The highest BCUT2D eigenvalue weighted by Crippen LogP contribution is 2.17. The zero-order chi connectivity index (χ0) is 39.3. The summed E-state index contributed by atoms with van der Waals surface area (Å²) in [5.74, 6) is -0.681. The summed E-state index contributed by atoms with van der Waals surface area (Å²) >= 11 is 0. The van der Waals surface area contributed by atoms with Crippen molar-refractivity contribution in [2.75, 3.05) is 46.6 Å². The molecule has 1 aliphatic rings. The van der Waals surface area contributed by atoms with E-state index >= 15 is 0 Å². The molecule has 1 rings (SSSR count). The summed E-state index contributed by atoms with van der Waals surface area (Å²) in [4.78, 5) is 41.7. The van der Waals surface area contributed by atoms with E-state index in [-0.39, 0.29) is 44.3 Å². The number of amides is 1. The second kappa shape index (κ2) is 36.5. The van der Waals surface area contributed by atoms with Gasteiger partial charge < -0.3 is 19.1 Å². The van der Waals surface area contributed by atoms with E-state index in [1.807, 2.05) is 0 Å². The molecule has 54 heavy (non-hydrogen) atoms. The summed E-state index contributed by atoms with van der Waals surface area (Å²) in [7, 11) is 1.68. The van der Waals surface area contributed by atoms with Crippen molar-refractivity contribution in [3.63, 3.8) is 0 Å². The fraction of sp³-hybridized carbons (Fsp3) is 0.889. The van der Waals surface area contributed by atoms with Gasteiger partial charge in [-0.15, -0.1) is 0 Å².